The summed E-state index contributed by atoms with van der Waals surface area (Å²) in [5.74, 6) is 0.386. The molecule has 6 heteroatoms. The van der Waals surface area contributed by atoms with Gasteiger partial charge in [-0.05, 0) is 57.4 Å². The minimum atomic E-state index is -0.523. The number of aliphatic imine (C=N–C) groups is 1. The van der Waals surface area contributed by atoms with Gasteiger partial charge in [-0.3, -0.25) is 9.59 Å². The van der Waals surface area contributed by atoms with Crippen molar-refractivity contribution in [1.29, 1.82) is 0 Å². The molecule has 4 aliphatic rings. The zero-order chi connectivity index (χ0) is 24.8. The first-order chi connectivity index (χ1) is 17.5. The zero-order valence-electron chi connectivity index (χ0n) is 20.8. The van der Waals surface area contributed by atoms with Gasteiger partial charge in [0.1, 0.15) is 11.4 Å². The quantitative estimate of drug-likeness (QED) is 0.612. The van der Waals surface area contributed by atoms with E-state index in [1.54, 1.807) is 24.3 Å². The van der Waals surface area contributed by atoms with E-state index in [9.17, 15) is 9.59 Å². The molecule has 2 aliphatic carbocycles. The number of hydrogen-bond acceptors (Lipinski definition) is 6. The lowest BCUT2D eigenvalue weighted by atomic mass is 9.76. The van der Waals surface area contributed by atoms with Crippen molar-refractivity contribution >= 4 is 23.0 Å². The van der Waals surface area contributed by atoms with Gasteiger partial charge < -0.3 is 15.0 Å². The molecular weight excluding hydrogens is 450 g/mol. The standard InChI is InChI=1S/C30H31N3O3/c1-18-9-7-13-23-27(18)32-28-24(36-23)17-22(31-14-8-16-33-15-6-5-10-19(33)2)25-26(28)30(35)21-12-4-3-11-20(21)29(25)34/h3-4,7,9,11-13,17,19,24,31H,5-6,8,10,14-16H2,1-2H3/t19-,24?/m1/s1. The number of piperidine rings is 1. The Morgan fingerprint density at radius 1 is 1.03 bits per heavy atom. The molecule has 2 atom stereocenters. The average molecular weight is 482 g/mol. The summed E-state index contributed by atoms with van der Waals surface area (Å²) < 4.78 is 6.33. The molecule has 36 heavy (non-hydrogen) atoms. The van der Waals surface area contributed by atoms with Gasteiger partial charge in [-0.2, -0.15) is 0 Å². The largest absolute Gasteiger partial charge is 0.478 e. The summed E-state index contributed by atoms with van der Waals surface area (Å²) >= 11 is 0. The smallest absolute Gasteiger partial charge is 0.196 e. The van der Waals surface area contributed by atoms with Gasteiger partial charge in [-0.1, -0.05) is 42.8 Å². The fourth-order valence-corrected chi connectivity index (χ4v) is 5.81. The van der Waals surface area contributed by atoms with Crippen molar-refractivity contribution in [3.8, 4) is 5.75 Å². The van der Waals surface area contributed by atoms with Gasteiger partial charge >= 0.3 is 0 Å². The van der Waals surface area contributed by atoms with Crippen LogP contribution in [0, 0.1) is 6.92 Å². The highest BCUT2D eigenvalue weighted by Gasteiger charge is 2.43. The third-order valence-corrected chi connectivity index (χ3v) is 7.80. The van der Waals surface area contributed by atoms with Crippen molar-refractivity contribution in [2.75, 3.05) is 19.6 Å². The molecule has 1 unspecified atom stereocenters. The van der Waals surface area contributed by atoms with Crippen LogP contribution < -0.4 is 10.1 Å². The first-order valence-corrected chi connectivity index (χ1v) is 13.0. The lowest BCUT2D eigenvalue weighted by Crippen LogP contribution is -2.42. The van der Waals surface area contributed by atoms with E-state index in [0.29, 0.717) is 52.0 Å². The van der Waals surface area contributed by atoms with Gasteiger partial charge in [0.15, 0.2) is 17.7 Å². The Morgan fingerprint density at radius 3 is 2.58 bits per heavy atom. The summed E-state index contributed by atoms with van der Waals surface area (Å²) in [6.07, 6.45) is 6.18. The molecule has 1 N–H and O–H groups in total. The van der Waals surface area contributed by atoms with Gasteiger partial charge in [0.05, 0.1) is 16.9 Å². The predicted molar refractivity (Wildman–Crippen MR) is 140 cm³/mol. The summed E-state index contributed by atoms with van der Waals surface area (Å²) in [4.78, 5) is 34.9. The van der Waals surface area contributed by atoms with E-state index in [2.05, 4.69) is 17.1 Å². The van der Waals surface area contributed by atoms with E-state index in [-0.39, 0.29) is 11.6 Å². The maximum absolute atomic E-state index is 13.8. The highest BCUT2D eigenvalue weighted by atomic mass is 16.5. The van der Waals surface area contributed by atoms with Crippen molar-refractivity contribution in [2.24, 2.45) is 4.99 Å². The highest BCUT2D eigenvalue weighted by molar-refractivity contribution is 6.40. The lowest BCUT2D eigenvalue weighted by molar-refractivity contribution is 0.0978. The van der Waals surface area contributed by atoms with Crippen molar-refractivity contribution in [3.05, 3.63) is 82.1 Å². The van der Waals surface area contributed by atoms with Gasteiger partial charge in [0.25, 0.3) is 0 Å². The topological polar surface area (TPSA) is 71.0 Å². The third-order valence-electron chi connectivity index (χ3n) is 7.80. The van der Waals surface area contributed by atoms with E-state index >= 15 is 0 Å². The number of Topliss-reactive ketones (excluding diaryl/α,β-unsaturated/α-hetero) is 2. The Balaban J connectivity index is 1.34. The van der Waals surface area contributed by atoms with Crippen molar-refractivity contribution < 1.29 is 14.3 Å². The van der Waals surface area contributed by atoms with E-state index in [1.165, 1.54) is 19.3 Å². The molecule has 1 saturated heterocycles. The number of ketones is 2. The first kappa shape index (κ1) is 22.9. The Bertz CT molecular complexity index is 1350. The highest BCUT2D eigenvalue weighted by Crippen LogP contribution is 2.42. The van der Waals surface area contributed by atoms with Crippen molar-refractivity contribution in [1.82, 2.24) is 10.2 Å². The third kappa shape index (κ3) is 3.80. The van der Waals surface area contributed by atoms with Gasteiger partial charge in [-0.15, -0.1) is 0 Å². The number of carbonyl (C=O) groups excluding carboxylic acids is 2. The van der Waals surface area contributed by atoms with Gasteiger partial charge in [0, 0.05) is 36.0 Å². The minimum Gasteiger partial charge on any atom is -0.478 e. The predicted octanol–water partition coefficient (Wildman–Crippen LogP) is 4.96. The van der Waals surface area contributed by atoms with E-state index < -0.39 is 6.10 Å². The molecule has 0 amide bonds. The number of nitrogens with zero attached hydrogens (tertiary/aromatic N) is 2. The fourth-order valence-electron chi connectivity index (χ4n) is 5.81. The second-order valence-corrected chi connectivity index (χ2v) is 10.2. The monoisotopic (exact) mass is 481 g/mol. The van der Waals surface area contributed by atoms with Crippen LogP contribution in [0.4, 0.5) is 5.69 Å². The number of rotatable bonds is 5. The van der Waals surface area contributed by atoms with Crippen LogP contribution in [-0.2, 0) is 0 Å². The summed E-state index contributed by atoms with van der Waals surface area (Å²) in [6, 6.07) is 13.5. The average Bonchev–Trinajstić information content (AvgIpc) is 2.89. The second-order valence-electron chi connectivity index (χ2n) is 10.2. The molecule has 2 aromatic rings. The Morgan fingerprint density at radius 2 is 1.81 bits per heavy atom. The maximum atomic E-state index is 13.8. The normalized spacial score (nSPS) is 23.1. The number of ether oxygens (including phenoxy) is 1. The number of para-hydroxylation sites is 1. The molecule has 0 spiro atoms. The minimum absolute atomic E-state index is 0.139. The molecule has 184 valence electrons. The molecule has 0 aromatic heterocycles. The zero-order valence-corrected chi connectivity index (χ0v) is 20.8. The lowest BCUT2D eigenvalue weighted by Gasteiger charge is -2.34. The maximum Gasteiger partial charge on any atom is 0.196 e. The molecule has 0 saturated carbocycles. The second kappa shape index (κ2) is 9.17. The van der Waals surface area contributed by atoms with Crippen LogP contribution in [0.2, 0.25) is 0 Å². The Labute approximate surface area is 211 Å². The van der Waals surface area contributed by atoms with Crippen LogP contribution in [0.25, 0.3) is 0 Å². The number of likely N-dealkylation sites (tertiary alicyclic amines) is 1. The van der Waals surface area contributed by atoms with E-state index in [1.807, 2.05) is 31.2 Å². The van der Waals surface area contributed by atoms with Crippen LogP contribution in [0.3, 0.4) is 0 Å². The number of benzene rings is 2. The molecule has 2 aliphatic heterocycles. The van der Waals surface area contributed by atoms with Gasteiger partial charge in [0.2, 0.25) is 0 Å². The number of hydrogen-bond donors (Lipinski definition) is 1. The van der Waals surface area contributed by atoms with Crippen LogP contribution in [-0.4, -0.2) is 54.0 Å². The fraction of sp³-hybridized carbons (Fsp3) is 0.367. The van der Waals surface area contributed by atoms with E-state index in [0.717, 1.165) is 30.8 Å². The van der Waals surface area contributed by atoms with Crippen molar-refractivity contribution in [3.63, 3.8) is 0 Å². The van der Waals surface area contributed by atoms with E-state index in [4.69, 9.17) is 9.73 Å². The number of allylic oxidation sites excluding steroid dienone is 1. The first-order valence-electron chi connectivity index (χ1n) is 13.0. The van der Waals surface area contributed by atoms with Crippen LogP contribution in [0.1, 0.15) is 58.9 Å². The summed E-state index contributed by atoms with van der Waals surface area (Å²) in [5.41, 5.74) is 4.54. The number of carbonyl (C=O) groups is 2. The molecule has 6 nitrogen and oxygen atoms in total. The summed E-state index contributed by atoms with van der Waals surface area (Å²) in [7, 11) is 0. The molecule has 6 rings (SSSR count). The van der Waals surface area contributed by atoms with Gasteiger partial charge in [-0.25, -0.2) is 4.99 Å². The Kier molecular flexibility index (Phi) is 5.84. The van der Waals surface area contributed by atoms with Crippen molar-refractivity contribution in [2.45, 2.75) is 51.7 Å². The number of nitrogens with one attached hydrogen (secondary N) is 1. The summed E-state index contributed by atoms with van der Waals surface area (Å²) in [6.45, 7) is 7.15. The summed E-state index contributed by atoms with van der Waals surface area (Å²) in [5, 5.41) is 3.49. The molecule has 2 aromatic carbocycles. The molecule has 0 radical (unpaired) electrons. The number of aryl methyl sites for hydroxylation is 1. The van der Waals surface area contributed by atoms with Crippen LogP contribution in [0.15, 0.2) is 70.4 Å². The SMILES string of the molecule is Cc1cccc2c1N=C1C3=C(C(=O)c4ccccc4C3=O)C(NCCCN3CCCC[C@H]3C)=CC1O2. The molecule has 0 bridgehead atoms. The van der Waals surface area contributed by atoms with Crippen LogP contribution >= 0.6 is 0 Å². The molecule has 2 heterocycles. The number of fused-ring (bicyclic) bond motifs is 4. The Hall–Kier alpha value is -3.51. The molecule has 1 fully saturated rings. The van der Waals surface area contributed by atoms with Crippen LogP contribution in [0.5, 0.6) is 5.75 Å². The molecular formula is C30H31N3O3.